The summed E-state index contributed by atoms with van der Waals surface area (Å²) in [5.41, 5.74) is 5.80. The minimum absolute atomic E-state index is 0.0373. The van der Waals surface area contributed by atoms with Crippen molar-refractivity contribution in [1.29, 1.82) is 0 Å². The van der Waals surface area contributed by atoms with E-state index in [9.17, 15) is 4.79 Å². The van der Waals surface area contributed by atoms with E-state index in [2.05, 4.69) is 26.8 Å². The number of nitrogens with two attached hydrogens (primary N) is 1. The molecule has 2 rings (SSSR count). The van der Waals surface area contributed by atoms with Crippen molar-refractivity contribution in [3.8, 4) is 0 Å². The van der Waals surface area contributed by atoms with Crippen LogP contribution in [-0.4, -0.2) is 70.9 Å². The van der Waals surface area contributed by atoms with Crippen molar-refractivity contribution in [2.45, 2.75) is 26.8 Å². The Labute approximate surface area is 137 Å². The lowest BCUT2D eigenvalue weighted by molar-refractivity contribution is -0.136. The first-order chi connectivity index (χ1) is 10.8. The first-order valence-electron chi connectivity index (χ1n) is 8.01. The Bertz CT molecular complexity index is 553. The smallest absolute Gasteiger partial charge is 0.229 e. The Morgan fingerprint density at radius 2 is 1.70 bits per heavy atom. The first kappa shape index (κ1) is 17.4. The van der Waals surface area contributed by atoms with E-state index in [0.29, 0.717) is 11.8 Å². The maximum atomic E-state index is 12.1. The van der Waals surface area contributed by atoms with Crippen LogP contribution in [0.25, 0.3) is 0 Å². The Morgan fingerprint density at radius 3 is 2.22 bits per heavy atom. The highest BCUT2D eigenvalue weighted by Gasteiger charge is 2.27. The van der Waals surface area contributed by atoms with Gasteiger partial charge in [0.2, 0.25) is 17.8 Å². The van der Waals surface area contributed by atoms with Crippen LogP contribution in [-0.2, 0) is 4.79 Å². The van der Waals surface area contributed by atoms with Gasteiger partial charge in [0.25, 0.3) is 0 Å². The third kappa shape index (κ3) is 4.07. The molecule has 1 aliphatic heterocycles. The van der Waals surface area contributed by atoms with Crippen LogP contribution in [0.4, 0.5) is 11.9 Å². The first-order valence-corrected chi connectivity index (χ1v) is 8.01. The predicted molar refractivity (Wildman–Crippen MR) is 90.0 cm³/mol. The number of hydrogen-bond donors (Lipinski definition) is 1. The molecule has 1 aromatic heterocycles. The molecule has 0 aliphatic carbocycles. The zero-order valence-corrected chi connectivity index (χ0v) is 14.7. The van der Waals surface area contributed by atoms with E-state index in [0.717, 1.165) is 26.2 Å². The van der Waals surface area contributed by atoms with Crippen LogP contribution in [0.5, 0.6) is 0 Å². The van der Waals surface area contributed by atoms with Crippen molar-refractivity contribution in [2.24, 2.45) is 5.92 Å². The molecule has 0 spiro atoms. The number of carbonyl (C=O) groups excluding carboxylic acids is 1. The van der Waals surface area contributed by atoms with E-state index in [1.165, 1.54) is 0 Å². The van der Waals surface area contributed by atoms with Gasteiger partial charge in [0.05, 0.1) is 6.04 Å². The van der Waals surface area contributed by atoms with Gasteiger partial charge in [-0.2, -0.15) is 15.0 Å². The highest BCUT2D eigenvalue weighted by molar-refractivity contribution is 5.78. The molecule has 0 radical (unpaired) electrons. The van der Waals surface area contributed by atoms with E-state index >= 15 is 0 Å². The molecular weight excluding hydrogens is 294 g/mol. The molecule has 2 heterocycles. The molecule has 0 bridgehead atoms. The number of nitrogen functional groups attached to an aromatic ring is 1. The third-order valence-corrected chi connectivity index (χ3v) is 4.10. The Hall–Kier alpha value is -1.96. The molecule has 0 aromatic carbocycles. The van der Waals surface area contributed by atoms with Gasteiger partial charge >= 0.3 is 0 Å². The van der Waals surface area contributed by atoms with Crippen molar-refractivity contribution in [3.63, 3.8) is 0 Å². The van der Waals surface area contributed by atoms with E-state index in [1.807, 2.05) is 37.7 Å². The zero-order valence-electron chi connectivity index (χ0n) is 14.7. The molecule has 8 heteroatoms. The molecule has 8 nitrogen and oxygen atoms in total. The second-order valence-electron chi connectivity index (χ2n) is 6.44. The second kappa shape index (κ2) is 7.08. The minimum atomic E-state index is 0.0373. The van der Waals surface area contributed by atoms with Gasteiger partial charge in [-0.15, -0.1) is 0 Å². The zero-order chi connectivity index (χ0) is 17.1. The van der Waals surface area contributed by atoms with Crippen LogP contribution in [0.3, 0.4) is 0 Å². The van der Waals surface area contributed by atoms with Crippen molar-refractivity contribution >= 4 is 17.8 Å². The Balaban J connectivity index is 2.05. The molecule has 1 fully saturated rings. The van der Waals surface area contributed by atoms with E-state index in [-0.39, 0.29) is 23.8 Å². The van der Waals surface area contributed by atoms with Gasteiger partial charge < -0.3 is 15.5 Å². The molecule has 23 heavy (non-hydrogen) atoms. The van der Waals surface area contributed by atoms with E-state index in [1.54, 1.807) is 0 Å². The van der Waals surface area contributed by atoms with Gasteiger partial charge in [-0.1, -0.05) is 13.8 Å². The van der Waals surface area contributed by atoms with Crippen LogP contribution >= 0.6 is 0 Å². The van der Waals surface area contributed by atoms with Gasteiger partial charge in [-0.05, 0) is 6.92 Å². The average molecular weight is 321 g/mol. The largest absolute Gasteiger partial charge is 0.368 e. The molecule has 1 atom stereocenters. The minimum Gasteiger partial charge on any atom is -0.368 e. The highest BCUT2D eigenvalue weighted by Crippen LogP contribution is 2.21. The number of nitrogens with zero attached hydrogens (tertiary/aromatic N) is 6. The summed E-state index contributed by atoms with van der Waals surface area (Å²) in [5.74, 6) is 1.73. The summed E-state index contributed by atoms with van der Waals surface area (Å²) in [6, 6.07) is 0.0373. The molecular formula is C15H27N7O. The van der Waals surface area contributed by atoms with Crippen molar-refractivity contribution in [3.05, 3.63) is 5.82 Å². The molecule has 0 saturated carbocycles. The number of amides is 1. The molecule has 1 aromatic rings. The van der Waals surface area contributed by atoms with Gasteiger partial charge in [-0.3, -0.25) is 9.69 Å². The fraction of sp³-hybridized carbons (Fsp3) is 0.733. The molecule has 1 amide bonds. The quantitative estimate of drug-likeness (QED) is 0.857. The lowest BCUT2D eigenvalue weighted by Crippen LogP contribution is -2.50. The maximum absolute atomic E-state index is 12.1. The fourth-order valence-electron chi connectivity index (χ4n) is 2.64. The van der Waals surface area contributed by atoms with E-state index < -0.39 is 0 Å². The van der Waals surface area contributed by atoms with Crippen molar-refractivity contribution in [2.75, 3.05) is 50.9 Å². The van der Waals surface area contributed by atoms with Gasteiger partial charge in [0, 0.05) is 46.2 Å². The average Bonchev–Trinajstić information content (AvgIpc) is 2.52. The summed E-state index contributed by atoms with van der Waals surface area (Å²) in [6.45, 7) is 9.03. The normalized spacial score (nSPS) is 17.4. The van der Waals surface area contributed by atoms with Crippen molar-refractivity contribution < 1.29 is 4.79 Å². The van der Waals surface area contributed by atoms with Crippen LogP contribution in [0.1, 0.15) is 32.6 Å². The molecule has 0 unspecified atom stereocenters. The van der Waals surface area contributed by atoms with E-state index in [4.69, 9.17) is 5.73 Å². The van der Waals surface area contributed by atoms with Crippen molar-refractivity contribution in [1.82, 2.24) is 24.8 Å². The lowest BCUT2D eigenvalue weighted by Gasteiger charge is -2.38. The summed E-state index contributed by atoms with van der Waals surface area (Å²) in [5, 5.41) is 0. The van der Waals surface area contributed by atoms with Gasteiger partial charge in [0.15, 0.2) is 5.82 Å². The predicted octanol–water partition coefficient (Wildman–Crippen LogP) is 0.381. The SMILES string of the molecule is CC(C)C(=O)N1CCN([C@@H](C)c2nc(N)nc(N(C)C)n2)CC1. The van der Waals surface area contributed by atoms with Crippen LogP contribution in [0, 0.1) is 5.92 Å². The van der Waals surface area contributed by atoms with Gasteiger partial charge in [0.1, 0.15) is 0 Å². The summed E-state index contributed by atoms with van der Waals surface area (Å²) < 4.78 is 0. The summed E-state index contributed by atoms with van der Waals surface area (Å²) in [7, 11) is 3.75. The van der Waals surface area contributed by atoms with Crippen LogP contribution in [0.2, 0.25) is 0 Å². The standard InChI is InChI=1S/C15H27N7O/c1-10(2)13(23)22-8-6-21(7-9-22)11(3)12-17-14(16)19-15(18-12)20(4)5/h10-11H,6-9H2,1-5H3,(H2,16,17,18,19)/t11-/m0/s1. The summed E-state index contributed by atoms with van der Waals surface area (Å²) >= 11 is 0. The highest BCUT2D eigenvalue weighted by atomic mass is 16.2. The third-order valence-electron chi connectivity index (χ3n) is 4.10. The topological polar surface area (TPSA) is 91.5 Å². The van der Waals surface area contributed by atoms with Gasteiger partial charge in [-0.25, -0.2) is 0 Å². The number of piperazine rings is 1. The molecule has 1 aliphatic rings. The summed E-state index contributed by atoms with van der Waals surface area (Å²) in [6.07, 6.45) is 0. The lowest BCUT2D eigenvalue weighted by atomic mass is 10.1. The second-order valence-corrected chi connectivity index (χ2v) is 6.44. The fourth-order valence-corrected chi connectivity index (χ4v) is 2.64. The number of anilines is 2. The molecule has 1 saturated heterocycles. The number of hydrogen-bond acceptors (Lipinski definition) is 7. The monoisotopic (exact) mass is 321 g/mol. The van der Waals surface area contributed by atoms with Crippen LogP contribution in [0.15, 0.2) is 0 Å². The molecule has 128 valence electrons. The Morgan fingerprint density at radius 1 is 1.09 bits per heavy atom. The number of carbonyl (C=O) groups is 1. The van der Waals surface area contributed by atoms with Crippen LogP contribution < -0.4 is 10.6 Å². The molecule has 2 N–H and O–H groups in total. The summed E-state index contributed by atoms with van der Waals surface area (Å²) in [4.78, 5) is 31.0. The number of aromatic nitrogens is 3. The maximum Gasteiger partial charge on any atom is 0.229 e. The Kier molecular flexibility index (Phi) is 5.35. The number of rotatable bonds is 4.